The predicted molar refractivity (Wildman–Crippen MR) is 93.3 cm³/mol. The molecule has 0 N–H and O–H groups in total. The van der Waals surface area contributed by atoms with Gasteiger partial charge >= 0.3 is 6.18 Å². The van der Waals surface area contributed by atoms with Gasteiger partial charge in [-0.15, -0.1) is 0 Å². The number of carbonyl (C=O) groups excluding carboxylic acids is 1. The molecule has 0 aliphatic rings. The lowest BCUT2D eigenvalue weighted by Gasteiger charge is -2.22. The predicted octanol–water partition coefficient (Wildman–Crippen LogP) is 4.34. The van der Waals surface area contributed by atoms with Crippen molar-refractivity contribution in [3.63, 3.8) is 0 Å². The molecule has 0 aliphatic carbocycles. The van der Waals surface area contributed by atoms with E-state index in [2.05, 4.69) is 4.98 Å². The number of carbonyl (C=O) groups is 1. The Kier molecular flexibility index (Phi) is 6.45. The SMILES string of the molecule is CCN(Cc1nccn1Cc1ccc(C(F)(F)F)cc1)C(=O)CC(C)C. The van der Waals surface area contributed by atoms with Crippen molar-refractivity contribution in [1.29, 1.82) is 0 Å². The van der Waals surface area contributed by atoms with Crippen molar-refractivity contribution in [1.82, 2.24) is 14.5 Å². The summed E-state index contributed by atoms with van der Waals surface area (Å²) >= 11 is 0. The zero-order chi connectivity index (χ0) is 19.3. The topological polar surface area (TPSA) is 38.1 Å². The van der Waals surface area contributed by atoms with Gasteiger partial charge in [0, 0.05) is 31.9 Å². The van der Waals surface area contributed by atoms with Gasteiger partial charge in [0.25, 0.3) is 0 Å². The third-order valence-electron chi connectivity index (χ3n) is 4.09. The zero-order valence-corrected chi connectivity index (χ0v) is 15.3. The first kappa shape index (κ1) is 20.0. The lowest BCUT2D eigenvalue weighted by Crippen LogP contribution is -2.32. The van der Waals surface area contributed by atoms with E-state index in [9.17, 15) is 18.0 Å². The zero-order valence-electron chi connectivity index (χ0n) is 15.3. The van der Waals surface area contributed by atoms with Crippen LogP contribution in [0.3, 0.4) is 0 Å². The van der Waals surface area contributed by atoms with Gasteiger partial charge in [0.15, 0.2) is 0 Å². The van der Waals surface area contributed by atoms with Crippen LogP contribution in [0.15, 0.2) is 36.7 Å². The molecule has 1 aromatic carbocycles. The van der Waals surface area contributed by atoms with Gasteiger partial charge in [-0.2, -0.15) is 13.2 Å². The molecule has 1 amide bonds. The van der Waals surface area contributed by atoms with Crippen LogP contribution >= 0.6 is 0 Å². The molecule has 1 aromatic heterocycles. The van der Waals surface area contributed by atoms with Crippen molar-refractivity contribution in [3.05, 3.63) is 53.6 Å². The van der Waals surface area contributed by atoms with Crippen LogP contribution < -0.4 is 0 Å². The molecule has 0 saturated carbocycles. The van der Waals surface area contributed by atoms with Crippen LogP contribution in [0.1, 0.15) is 44.1 Å². The van der Waals surface area contributed by atoms with Crippen LogP contribution in [0.5, 0.6) is 0 Å². The van der Waals surface area contributed by atoms with Gasteiger partial charge < -0.3 is 9.47 Å². The fraction of sp³-hybridized carbons (Fsp3) is 0.474. The molecule has 142 valence electrons. The largest absolute Gasteiger partial charge is 0.416 e. The van der Waals surface area contributed by atoms with Gasteiger partial charge in [0.05, 0.1) is 12.1 Å². The highest BCUT2D eigenvalue weighted by atomic mass is 19.4. The van der Waals surface area contributed by atoms with E-state index in [1.165, 1.54) is 12.1 Å². The van der Waals surface area contributed by atoms with Gasteiger partial charge in [-0.1, -0.05) is 26.0 Å². The summed E-state index contributed by atoms with van der Waals surface area (Å²) in [5.74, 6) is 1.07. The van der Waals surface area contributed by atoms with E-state index < -0.39 is 11.7 Å². The molecule has 0 radical (unpaired) electrons. The van der Waals surface area contributed by atoms with Crippen molar-refractivity contribution >= 4 is 5.91 Å². The van der Waals surface area contributed by atoms with Crippen LogP contribution in [0.4, 0.5) is 13.2 Å². The summed E-state index contributed by atoms with van der Waals surface area (Å²) in [6.07, 6.45) is -0.446. The minimum Gasteiger partial charge on any atom is -0.335 e. The van der Waals surface area contributed by atoms with Gasteiger partial charge in [-0.3, -0.25) is 4.79 Å². The Morgan fingerprint density at radius 1 is 1.23 bits per heavy atom. The normalized spacial score (nSPS) is 11.8. The minimum absolute atomic E-state index is 0.0755. The van der Waals surface area contributed by atoms with Gasteiger partial charge in [0.2, 0.25) is 5.91 Å². The first-order valence-corrected chi connectivity index (χ1v) is 8.64. The van der Waals surface area contributed by atoms with E-state index in [0.717, 1.165) is 17.7 Å². The molecule has 0 saturated heterocycles. The lowest BCUT2D eigenvalue weighted by atomic mass is 10.1. The van der Waals surface area contributed by atoms with Crippen LogP contribution in [0.2, 0.25) is 0 Å². The maximum absolute atomic E-state index is 12.7. The van der Waals surface area contributed by atoms with E-state index in [1.807, 2.05) is 25.3 Å². The molecule has 26 heavy (non-hydrogen) atoms. The molecule has 7 heteroatoms. The Morgan fingerprint density at radius 2 is 1.88 bits per heavy atom. The summed E-state index contributed by atoms with van der Waals surface area (Å²) in [5.41, 5.74) is 0.0809. The molecule has 0 unspecified atom stereocenters. The standard InChI is InChI=1S/C19H24F3N3O/c1-4-24(18(26)11-14(2)3)13-17-23-9-10-25(17)12-15-5-7-16(8-6-15)19(20,21)22/h5-10,14H,4,11-13H2,1-3H3. The van der Waals surface area contributed by atoms with E-state index in [4.69, 9.17) is 0 Å². The summed E-state index contributed by atoms with van der Waals surface area (Å²) in [7, 11) is 0. The molecule has 0 fully saturated rings. The number of aromatic nitrogens is 2. The Bertz CT molecular complexity index is 720. The molecule has 2 rings (SSSR count). The van der Waals surface area contributed by atoms with Crippen molar-refractivity contribution < 1.29 is 18.0 Å². The van der Waals surface area contributed by atoms with Crippen molar-refractivity contribution in [2.75, 3.05) is 6.54 Å². The maximum Gasteiger partial charge on any atom is 0.416 e. The van der Waals surface area contributed by atoms with E-state index >= 15 is 0 Å². The number of hydrogen-bond acceptors (Lipinski definition) is 2. The second-order valence-electron chi connectivity index (χ2n) is 6.67. The Hall–Kier alpha value is -2.31. The average Bonchev–Trinajstić information content (AvgIpc) is 2.98. The number of halogens is 3. The maximum atomic E-state index is 12.7. The Morgan fingerprint density at radius 3 is 2.42 bits per heavy atom. The Balaban J connectivity index is 2.09. The third kappa shape index (κ3) is 5.34. The molecule has 0 spiro atoms. The molecule has 2 aromatic rings. The van der Waals surface area contributed by atoms with Crippen LogP contribution in [0.25, 0.3) is 0 Å². The summed E-state index contributed by atoms with van der Waals surface area (Å²) < 4.78 is 39.8. The number of benzene rings is 1. The van der Waals surface area contributed by atoms with Gasteiger partial charge in [0.1, 0.15) is 5.82 Å². The van der Waals surface area contributed by atoms with Crippen molar-refractivity contribution in [2.24, 2.45) is 5.92 Å². The summed E-state index contributed by atoms with van der Waals surface area (Å²) in [6, 6.07) is 5.09. The van der Waals surface area contributed by atoms with Gasteiger partial charge in [-0.25, -0.2) is 4.98 Å². The number of amides is 1. The van der Waals surface area contributed by atoms with Crippen LogP contribution in [-0.2, 0) is 24.1 Å². The highest BCUT2D eigenvalue weighted by Crippen LogP contribution is 2.29. The second-order valence-corrected chi connectivity index (χ2v) is 6.67. The molecule has 4 nitrogen and oxygen atoms in total. The minimum atomic E-state index is -4.34. The number of nitrogens with zero attached hydrogens (tertiary/aromatic N) is 3. The van der Waals surface area contributed by atoms with Gasteiger partial charge in [-0.05, 0) is 30.5 Å². The summed E-state index contributed by atoms with van der Waals surface area (Å²) in [5, 5.41) is 0. The van der Waals surface area contributed by atoms with Crippen LogP contribution in [0, 0.1) is 5.92 Å². The first-order valence-electron chi connectivity index (χ1n) is 8.64. The van der Waals surface area contributed by atoms with E-state index in [-0.39, 0.29) is 11.8 Å². The second kappa shape index (κ2) is 8.38. The highest BCUT2D eigenvalue weighted by molar-refractivity contribution is 5.76. The fourth-order valence-corrected chi connectivity index (χ4v) is 2.66. The highest BCUT2D eigenvalue weighted by Gasteiger charge is 2.29. The lowest BCUT2D eigenvalue weighted by molar-refractivity contribution is -0.137. The molecule has 0 bridgehead atoms. The molecular weight excluding hydrogens is 343 g/mol. The van der Waals surface area contributed by atoms with Crippen molar-refractivity contribution in [2.45, 2.75) is 46.5 Å². The molecule has 0 atom stereocenters. The van der Waals surface area contributed by atoms with Crippen LogP contribution in [-0.4, -0.2) is 26.9 Å². The fourth-order valence-electron chi connectivity index (χ4n) is 2.66. The van der Waals surface area contributed by atoms with E-state index in [1.54, 1.807) is 17.3 Å². The van der Waals surface area contributed by atoms with E-state index in [0.29, 0.717) is 31.9 Å². The number of imidazole rings is 1. The average molecular weight is 367 g/mol. The quantitative estimate of drug-likeness (QED) is 0.730. The summed E-state index contributed by atoms with van der Waals surface area (Å²) in [4.78, 5) is 18.3. The molecule has 0 aliphatic heterocycles. The number of rotatable bonds is 7. The smallest absolute Gasteiger partial charge is 0.335 e. The number of alkyl halides is 3. The summed E-state index contributed by atoms with van der Waals surface area (Å²) in [6.45, 7) is 7.29. The van der Waals surface area contributed by atoms with Crippen molar-refractivity contribution in [3.8, 4) is 0 Å². The number of hydrogen-bond donors (Lipinski definition) is 0. The first-order chi connectivity index (χ1) is 12.2. The monoisotopic (exact) mass is 367 g/mol. The third-order valence-corrected chi connectivity index (χ3v) is 4.09. The Labute approximate surface area is 151 Å². The molecular formula is C19H24F3N3O. The molecule has 1 heterocycles.